The van der Waals surface area contributed by atoms with Crippen molar-refractivity contribution in [1.82, 2.24) is 0 Å². The van der Waals surface area contributed by atoms with Gasteiger partial charge < -0.3 is 19.7 Å². The van der Waals surface area contributed by atoms with Crippen LogP contribution in [-0.2, 0) is 0 Å². The number of nitrogens with zero attached hydrogens (tertiary/aromatic N) is 2. The maximum atomic E-state index is 11.1. The highest BCUT2D eigenvalue weighted by molar-refractivity contribution is 5.95. The van der Waals surface area contributed by atoms with Crippen LogP contribution in [0.2, 0.25) is 0 Å². The minimum absolute atomic E-state index is 0.143. The van der Waals surface area contributed by atoms with Crippen LogP contribution in [0.4, 0.5) is 11.4 Å². The summed E-state index contributed by atoms with van der Waals surface area (Å²) in [6, 6.07) is 25.3. The van der Waals surface area contributed by atoms with Crippen LogP contribution in [0.25, 0.3) is 10.8 Å². The zero-order chi connectivity index (χ0) is 28.2. The molecule has 10 nitrogen and oxygen atoms in total. The predicted molar refractivity (Wildman–Crippen MR) is 146 cm³/mol. The van der Waals surface area contributed by atoms with Gasteiger partial charge in [0.15, 0.2) is 17.2 Å². The molecule has 0 amide bonds. The van der Waals surface area contributed by atoms with Crippen molar-refractivity contribution in [2.45, 2.75) is 0 Å². The average Bonchev–Trinajstić information content (AvgIpc) is 2.93. The first-order valence-electron chi connectivity index (χ1n) is 11.7. The molecule has 0 aromatic heterocycles. The summed E-state index contributed by atoms with van der Waals surface area (Å²) >= 11 is 0. The maximum absolute atomic E-state index is 11.1. The molecule has 40 heavy (non-hydrogen) atoms. The third kappa shape index (κ3) is 5.29. The fourth-order valence-corrected chi connectivity index (χ4v) is 3.95. The molecule has 0 radical (unpaired) electrons. The molecular weight excluding hydrogens is 516 g/mol. The van der Waals surface area contributed by atoms with E-state index in [0.29, 0.717) is 27.8 Å². The number of phenols is 2. The lowest BCUT2D eigenvalue weighted by atomic mass is 10.0. The number of rotatable bonds is 6. The molecule has 0 aliphatic carbocycles. The Labute approximate surface area is 226 Å². The zero-order valence-electron chi connectivity index (χ0n) is 20.5. The Morgan fingerprint density at radius 2 is 1.25 bits per heavy atom. The minimum Gasteiger partial charge on any atom is -0.502 e. The second-order valence-corrected chi connectivity index (χ2v) is 8.43. The quantitative estimate of drug-likeness (QED) is 0.134. The third-order valence-electron chi connectivity index (χ3n) is 5.82. The van der Waals surface area contributed by atoms with Gasteiger partial charge in [0.25, 0.3) is 0 Å². The molecule has 5 rings (SSSR count). The summed E-state index contributed by atoms with van der Waals surface area (Å²) in [5, 5.41) is 43.5. The van der Waals surface area contributed by atoms with Crippen molar-refractivity contribution in [1.29, 1.82) is 0 Å². The van der Waals surface area contributed by atoms with Crippen LogP contribution >= 0.6 is 0 Å². The van der Waals surface area contributed by atoms with Gasteiger partial charge in [-0.2, -0.15) is 0 Å². The number of ether oxygens (including phenoxy) is 2. The summed E-state index contributed by atoms with van der Waals surface area (Å²) in [5.74, 6) is 6.08. The smallest absolute Gasteiger partial charge is 0.310 e. The van der Waals surface area contributed by atoms with Gasteiger partial charge >= 0.3 is 11.4 Å². The predicted octanol–water partition coefficient (Wildman–Crippen LogP) is 7.05. The van der Waals surface area contributed by atoms with Crippen molar-refractivity contribution in [2.24, 2.45) is 0 Å². The van der Waals surface area contributed by atoms with Crippen LogP contribution in [0.15, 0.2) is 97.1 Å². The normalized spacial score (nSPS) is 10.4. The van der Waals surface area contributed by atoms with Gasteiger partial charge in [-0.05, 0) is 42.5 Å². The van der Waals surface area contributed by atoms with Crippen molar-refractivity contribution in [2.75, 3.05) is 0 Å². The molecule has 0 spiro atoms. The number of hydrogen-bond acceptors (Lipinski definition) is 8. The zero-order valence-corrected chi connectivity index (χ0v) is 20.5. The standard InChI is InChI=1S/C30H18N2O8/c33-27-17-21(12-15-25(27)31(35)36)39-29-8-4-7-24-23(29)14-11-20(10-9-19-5-2-1-3-6-19)30(24)40-22-13-16-26(32(37)38)28(34)18-22/h1-8,11-18,33-34H. The van der Waals surface area contributed by atoms with Crippen LogP contribution in [-0.4, -0.2) is 20.1 Å². The molecule has 10 heteroatoms. The lowest BCUT2D eigenvalue weighted by Crippen LogP contribution is -1.94. The van der Waals surface area contributed by atoms with E-state index in [1.54, 1.807) is 30.3 Å². The first kappa shape index (κ1) is 25.6. The van der Waals surface area contributed by atoms with Gasteiger partial charge in [-0.1, -0.05) is 42.2 Å². The van der Waals surface area contributed by atoms with E-state index in [1.165, 1.54) is 12.1 Å². The van der Waals surface area contributed by atoms with E-state index >= 15 is 0 Å². The first-order chi connectivity index (χ1) is 19.3. The van der Waals surface area contributed by atoms with Crippen LogP contribution in [0, 0.1) is 32.1 Å². The summed E-state index contributed by atoms with van der Waals surface area (Å²) < 4.78 is 12.1. The molecule has 0 atom stereocenters. The molecule has 0 saturated carbocycles. The molecule has 196 valence electrons. The molecule has 0 aliphatic heterocycles. The highest BCUT2D eigenvalue weighted by Crippen LogP contribution is 2.41. The second-order valence-electron chi connectivity index (χ2n) is 8.43. The van der Waals surface area contributed by atoms with Crippen molar-refractivity contribution >= 4 is 22.1 Å². The molecule has 0 aliphatic rings. The van der Waals surface area contributed by atoms with Crippen molar-refractivity contribution < 1.29 is 29.5 Å². The SMILES string of the molecule is O=[N+]([O-])c1ccc(Oc2cccc3c(Oc4ccc([N+](=O)[O-])c(O)c4)c(C#Cc4ccccc4)ccc23)cc1O. The van der Waals surface area contributed by atoms with Crippen molar-refractivity contribution in [3.63, 3.8) is 0 Å². The maximum Gasteiger partial charge on any atom is 0.310 e. The Kier molecular flexibility index (Phi) is 6.86. The summed E-state index contributed by atoms with van der Waals surface area (Å²) in [5.41, 5.74) is 0.362. The molecule has 2 N–H and O–H groups in total. The van der Waals surface area contributed by atoms with Crippen molar-refractivity contribution in [3.8, 4) is 46.3 Å². The third-order valence-corrected chi connectivity index (χ3v) is 5.82. The van der Waals surface area contributed by atoms with Gasteiger partial charge in [0.05, 0.1) is 15.4 Å². The molecule has 0 unspecified atom stereocenters. The average molecular weight is 534 g/mol. The molecule has 5 aromatic carbocycles. The van der Waals surface area contributed by atoms with Gasteiger partial charge in [0.1, 0.15) is 17.2 Å². The number of nitro benzene ring substituents is 2. The van der Waals surface area contributed by atoms with Gasteiger partial charge in [0.2, 0.25) is 0 Å². The topological polar surface area (TPSA) is 145 Å². The molecule has 5 aromatic rings. The monoisotopic (exact) mass is 534 g/mol. The Balaban J connectivity index is 1.61. The number of phenolic OH excluding ortho intramolecular Hbond substituents is 2. The van der Waals surface area contributed by atoms with Gasteiger partial charge in [-0.25, -0.2) is 0 Å². The van der Waals surface area contributed by atoms with E-state index in [-0.39, 0.29) is 11.5 Å². The van der Waals surface area contributed by atoms with E-state index in [1.807, 2.05) is 30.3 Å². The largest absolute Gasteiger partial charge is 0.502 e. The lowest BCUT2D eigenvalue weighted by molar-refractivity contribution is -0.386. The van der Waals surface area contributed by atoms with Crippen LogP contribution < -0.4 is 9.47 Å². The van der Waals surface area contributed by atoms with E-state index in [0.717, 1.165) is 29.8 Å². The lowest BCUT2D eigenvalue weighted by Gasteiger charge is -2.14. The summed E-state index contributed by atoms with van der Waals surface area (Å²) in [6.07, 6.45) is 0. The fourth-order valence-electron chi connectivity index (χ4n) is 3.95. The highest BCUT2D eigenvalue weighted by Gasteiger charge is 2.18. The molecule has 0 saturated heterocycles. The number of fused-ring (bicyclic) bond motifs is 1. The Morgan fingerprint density at radius 3 is 1.85 bits per heavy atom. The number of benzene rings is 5. The Bertz CT molecular complexity index is 1840. The summed E-state index contributed by atoms with van der Waals surface area (Å²) in [7, 11) is 0. The molecular formula is C30H18N2O8. The number of aromatic hydroxyl groups is 2. The van der Waals surface area contributed by atoms with Crippen LogP contribution in [0.5, 0.6) is 34.5 Å². The van der Waals surface area contributed by atoms with E-state index < -0.39 is 32.7 Å². The minimum atomic E-state index is -0.701. The Hall–Kier alpha value is -6.08. The van der Waals surface area contributed by atoms with Crippen LogP contribution in [0.1, 0.15) is 11.1 Å². The summed E-state index contributed by atoms with van der Waals surface area (Å²) in [6.45, 7) is 0. The fraction of sp³-hybridized carbons (Fsp3) is 0. The van der Waals surface area contributed by atoms with Crippen molar-refractivity contribution in [3.05, 3.63) is 128 Å². The first-order valence-corrected chi connectivity index (χ1v) is 11.7. The van der Waals surface area contributed by atoms with E-state index in [9.17, 15) is 30.4 Å². The highest BCUT2D eigenvalue weighted by atomic mass is 16.6. The number of hydrogen-bond donors (Lipinski definition) is 2. The molecule has 0 fully saturated rings. The summed E-state index contributed by atoms with van der Waals surface area (Å²) in [4.78, 5) is 20.8. The van der Waals surface area contributed by atoms with Gasteiger partial charge in [0, 0.05) is 40.6 Å². The van der Waals surface area contributed by atoms with Gasteiger partial charge in [-0.3, -0.25) is 20.2 Å². The van der Waals surface area contributed by atoms with E-state index in [2.05, 4.69) is 11.8 Å². The van der Waals surface area contributed by atoms with E-state index in [4.69, 9.17) is 9.47 Å². The molecule has 0 heterocycles. The van der Waals surface area contributed by atoms with Crippen LogP contribution in [0.3, 0.4) is 0 Å². The molecule has 0 bridgehead atoms. The Morgan fingerprint density at radius 1 is 0.625 bits per heavy atom. The second kappa shape index (κ2) is 10.7. The van der Waals surface area contributed by atoms with Gasteiger partial charge in [-0.15, -0.1) is 0 Å². The number of nitro groups is 2.